The predicted octanol–water partition coefficient (Wildman–Crippen LogP) is 3.26. The minimum absolute atomic E-state index is 0.262. The monoisotopic (exact) mass is 224 g/mol. The molecule has 15 heavy (non-hydrogen) atoms. The molecule has 0 heterocycles. The molecule has 0 aliphatic heterocycles. The van der Waals surface area contributed by atoms with E-state index in [1.54, 1.807) is 11.8 Å². The molecule has 0 aromatic heterocycles. The lowest BCUT2D eigenvalue weighted by molar-refractivity contribution is -0.137. The fourth-order valence-corrected chi connectivity index (χ4v) is 2.51. The van der Waals surface area contributed by atoms with E-state index in [0.717, 1.165) is 12.2 Å². The summed E-state index contributed by atoms with van der Waals surface area (Å²) in [5.41, 5.74) is 2.55. The Morgan fingerprint density at radius 1 is 1.33 bits per heavy atom. The molecule has 3 heteroatoms. The van der Waals surface area contributed by atoms with Crippen molar-refractivity contribution in [1.29, 1.82) is 0 Å². The van der Waals surface area contributed by atoms with Crippen LogP contribution in [0.2, 0.25) is 0 Å². The molecule has 0 radical (unpaired) electrons. The van der Waals surface area contributed by atoms with Crippen molar-refractivity contribution in [3.63, 3.8) is 0 Å². The van der Waals surface area contributed by atoms with Crippen molar-refractivity contribution in [3.8, 4) is 0 Å². The summed E-state index contributed by atoms with van der Waals surface area (Å²) in [6.45, 7) is 4.18. The second-order valence-corrected chi connectivity index (χ2v) is 4.67. The number of hydrogen-bond donors (Lipinski definition) is 1. The van der Waals surface area contributed by atoms with Crippen LogP contribution in [-0.2, 0) is 4.79 Å². The van der Waals surface area contributed by atoms with Crippen molar-refractivity contribution in [2.45, 2.75) is 31.6 Å². The predicted molar refractivity (Wildman–Crippen MR) is 63.5 cm³/mol. The van der Waals surface area contributed by atoms with Gasteiger partial charge in [-0.2, -0.15) is 0 Å². The van der Waals surface area contributed by atoms with Gasteiger partial charge in [-0.25, -0.2) is 0 Å². The normalized spacial score (nSPS) is 10.3. The molecule has 0 amide bonds. The fraction of sp³-hybridized carbons (Fsp3) is 0.417. The molecule has 1 rings (SSSR count). The highest BCUT2D eigenvalue weighted by molar-refractivity contribution is 7.99. The number of rotatable bonds is 5. The van der Waals surface area contributed by atoms with Crippen LogP contribution >= 0.6 is 11.8 Å². The summed E-state index contributed by atoms with van der Waals surface area (Å²) >= 11 is 1.75. The summed E-state index contributed by atoms with van der Waals surface area (Å²) in [5.74, 6) is 0.162. The van der Waals surface area contributed by atoms with Crippen LogP contribution in [0.15, 0.2) is 23.1 Å². The van der Waals surface area contributed by atoms with E-state index in [4.69, 9.17) is 5.11 Å². The SMILES string of the molecule is Cc1cccc(C)c1SCCCC(=O)O. The molecule has 0 unspecified atom stereocenters. The average molecular weight is 224 g/mol. The Balaban J connectivity index is 2.47. The van der Waals surface area contributed by atoms with E-state index >= 15 is 0 Å². The highest BCUT2D eigenvalue weighted by atomic mass is 32.2. The van der Waals surface area contributed by atoms with E-state index < -0.39 is 5.97 Å². The zero-order chi connectivity index (χ0) is 11.3. The molecule has 1 aromatic rings. The van der Waals surface area contributed by atoms with Gasteiger partial charge in [-0.3, -0.25) is 4.79 Å². The van der Waals surface area contributed by atoms with Crippen LogP contribution in [-0.4, -0.2) is 16.8 Å². The van der Waals surface area contributed by atoms with Gasteiger partial charge in [0.25, 0.3) is 0 Å². The second kappa shape index (κ2) is 5.81. The van der Waals surface area contributed by atoms with Gasteiger partial charge in [-0.1, -0.05) is 18.2 Å². The Bertz CT molecular complexity index is 327. The van der Waals surface area contributed by atoms with Gasteiger partial charge in [0.15, 0.2) is 0 Å². The van der Waals surface area contributed by atoms with Crippen molar-refractivity contribution < 1.29 is 9.90 Å². The molecule has 1 N–H and O–H groups in total. The zero-order valence-electron chi connectivity index (χ0n) is 9.12. The first-order valence-electron chi connectivity index (χ1n) is 5.02. The van der Waals surface area contributed by atoms with Gasteiger partial charge < -0.3 is 5.11 Å². The van der Waals surface area contributed by atoms with Gasteiger partial charge in [-0.15, -0.1) is 11.8 Å². The molecule has 0 atom stereocenters. The lowest BCUT2D eigenvalue weighted by Crippen LogP contribution is -1.95. The maximum absolute atomic E-state index is 10.3. The van der Waals surface area contributed by atoms with Crippen molar-refractivity contribution in [1.82, 2.24) is 0 Å². The standard InChI is InChI=1S/C12H16O2S/c1-9-5-3-6-10(2)12(9)15-8-4-7-11(13)14/h3,5-6H,4,7-8H2,1-2H3,(H,13,14). The first kappa shape index (κ1) is 12.1. The third-order valence-electron chi connectivity index (χ3n) is 2.19. The van der Waals surface area contributed by atoms with Crippen LogP contribution in [0.4, 0.5) is 0 Å². The van der Waals surface area contributed by atoms with Crippen LogP contribution in [0.3, 0.4) is 0 Å². The van der Waals surface area contributed by atoms with Crippen LogP contribution < -0.4 is 0 Å². The molecule has 0 spiro atoms. The summed E-state index contributed by atoms with van der Waals surface area (Å²) < 4.78 is 0. The molecule has 0 aliphatic rings. The molecule has 0 aliphatic carbocycles. The van der Waals surface area contributed by atoms with E-state index in [0.29, 0.717) is 0 Å². The van der Waals surface area contributed by atoms with Crippen LogP contribution in [0.25, 0.3) is 0 Å². The van der Waals surface area contributed by atoms with Crippen LogP contribution in [0, 0.1) is 13.8 Å². The van der Waals surface area contributed by atoms with Crippen LogP contribution in [0.1, 0.15) is 24.0 Å². The molecule has 82 valence electrons. The molecule has 0 saturated carbocycles. The van der Waals surface area contributed by atoms with Crippen molar-refractivity contribution in [3.05, 3.63) is 29.3 Å². The van der Waals surface area contributed by atoms with E-state index in [9.17, 15) is 4.79 Å². The minimum atomic E-state index is -0.711. The summed E-state index contributed by atoms with van der Waals surface area (Å²) in [4.78, 5) is 11.6. The second-order valence-electron chi connectivity index (χ2n) is 3.57. The number of hydrogen-bond acceptors (Lipinski definition) is 2. The summed E-state index contributed by atoms with van der Waals surface area (Å²) in [5, 5.41) is 8.51. The quantitative estimate of drug-likeness (QED) is 0.616. The number of carboxylic acids is 1. The minimum Gasteiger partial charge on any atom is -0.481 e. The van der Waals surface area contributed by atoms with Gasteiger partial charge in [0.2, 0.25) is 0 Å². The van der Waals surface area contributed by atoms with Crippen molar-refractivity contribution in [2.75, 3.05) is 5.75 Å². The fourth-order valence-electron chi connectivity index (χ4n) is 1.42. The lowest BCUT2D eigenvalue weighted by atomic mass is 10.2. The Morgan fingerprint density at radius 2 is 1.93 bits per heavy atom. The van der Waals surface area contributed by atoms with E-state index in [1.807, 2.05) is 6.07 Å². The largest absolute Gasteiger partial charge is 0.481 e. The first-order chi connectivity index (χ1) is 7.11. The maximum atomic E-state index is 10.3. The van der Waals surface area contributed by atoms with Gasteiger partial charge in [0, 0.05) is 11.3 Å². The summed E-state index contributed by atoms with van der Waals surface area (Å²) in [6.07, 6.45) is 0.992. The van der Waals surface area contributed by atoms with Crippen molar-refractivity contribution >= 4 is 17.7 Å². The number of benzene rings is 1. The summed E-state index contributed by atoms with van der Waals surface area (Å²) in [6, 6.07) is 6.23. The highest BCUT2D eigenvalue weighted by Crippen LogP contribution is 2.26. The van der Waals surface area contributed by atoms with Gasteiger partial charge >= 0.3 is 5.97 Å². The topological polar surface area (TPSA) is 37.3 Å². The number of aryl methyl sites for hydroxylation is 2. The Labute approximate surface area is 94.7 Å². The van der Waals surface area contributed by atoms with Gasteiger partial charge in [-0.05, 0) is 37.1 Å². The highest BCUT2D eigenvalue weighted by Gasteiger charge is 2.03. The van der Waals surface area contributed by atoms with E-state index in [2.05, 4.69) is 26.0 Å². The lowest BCUT2D eigenvalue weighted by Gasteiger charge is -2.08. The number of aliphatic carboxylic acids is 1. The van der Waals surface area contributed by atoms with Crippen molar-refractivity contribution in [2.24, 2.45) is 0 Å². The van der Waals surface area contributed by atoms with Gasteiger partial charge in [0.1, 0.15) is 0 Å². The molecular formula is C12H16O2S. The molecule has 0 saturated heterocycles. The Hall–Kier alpha value is -0.960. The smallest absolute Gasteiger partial charge is 0.303 e. The summed E-state index contributed by atoms with van der Waals surface area (Å²) in [7, 11) is 0. The zero-order valence-corrected chi connectivity index (χ0v) is 9.93. The third-order valence-corrected chi connectivity index (χ3v) is 3.62. The Kier molecular flexibility index (Phi) is 4.69. The van der Waals surface area contributed by atoms with Gasteiger partial charge in [0.05, 0.1) is 0 Å². The molecule has 0 fully saturated rings. The van der Waals surface area contributed by atoms with Crippen LogP contribution in [0.5, 0.6) is 0 Å². The Morgan fingerprint density at radius 3 is 2.47 bits per heavy atom. The third kappa shape index (κ3) is 3.96. The molecule has 0 bridgehead atoms. The number of carboxylic acid groups (broad SMARTS) is 1. The first-order valence-corrected chi connectivity index (χ1v) is 6.00. The maximum Gasteiger partial charge on any atom is 0.303 e. The molecule has 1 aromatic carbocycles. The number of thioether (sulfide) groups is 1. The van der Waals surface area contributed by atoms with E-state index in [-0.39, 0.29) is 6.42 Å². The molecular weight excluding hydrogens is 208 g/mol. The van der Waals surface area contributed by atoms with E-state index in [1.165, 1.54) is 16.0 Å². The average Bonchev–Trinajstić information content (AvgIpc) is 2.15. The molecule has 2 nitrogen and oxygen atoms in total. The number of carbonyl (C=O) groups is 1.